The molecule has 0 aromatic rings. The second-order valence-corrected chi connectivity index (χ2v) is 5.29. The highest BCUT2D eigenvalue weighted by atomic mass is 16.5. The maximum atomic E-state index is 11.2. The molecule has 1 rings (SSSR count). The topological polar surface area (TPSA) is 91.0 Å². The molecule has 0 amide bonds. The molecule has 0 aromatic carbocycles. The van der Waals surface area contributed by atoms with Gasteiger partial charge >= 0.3 is 5.97 Å². The van der Waals surface area contributed by atoms with Crippen molar-refractivity contribution < 1.29 is 24.1 Å². The maximum absolute atomic E-state index is 11.2. The minimum absolute atomic E-state index is 0.0259. The van der Waals surface area contributed by atoms with Crippen molar-refractivity contribution in [2.24, 2.45) is 11.7 Å². The third-order valence-electron chi connectivity index (χ3n) is 3.89. The minimum atomic E-state index is -1.05. The summed E-state index contributed by atoms with van der Waals surface area (Å²) in [5.74, 6) is -0.857. The smallest absolute Gasteiger partial charge is 0.323 e. The number of carboxylic acids is 1. The van der Waals surface area contributed by atoms with Crippen molar-refractivity contribution in [3.8, 4) is 0 Å². The first-order chi connectivity index (χ1) is 9.61. The normalized spacial score (nSPS) is 26.0. The molecule has 1 saturated carbocycles. The molecule has 0 bridgehead atoms. The number of carboxylic acid groups (broad SMARTS) is 1. The Kier molecular flexibility index (Phi) is 8.06. The van der Waals surface area contributed by atoms with Crippen LogP contribution in [0.1, 0.15) is 32.1 Å². The molecule has 118 valence electrons. The molecule has 0 heterocycles. The van der Waals surface area contributed by atoms with Gasteiger partial charge in [-0.15, -0.1) is 0 Å². The molecule has 6 heteroatoms. The fourth-order valence-electron chi connectivity index (χ4n) is 2.62. The second kappa shape index (κ2) is 9.28. The van der Waals surface area contributed by atoms with Gasteiger partial charge in [-0.2, -0.15) is 0 Å². The van der Waals surface area contributed by atoms with Crippen molar-refractivity contribution >= 4 is 5.97 Å². The van der Waals surface area contributed by atoms with Crippen molar-refractivity contribution in [2.45, 2.75) is 37.6 Å². The predicted molar refractivity (Wildman–Crippen MR) is 74.6 cm³/mol. The Balaban J connectivity index is 2.02. The Morgan fingerprint density at radius 3 is 2.60 bits per heavy atom. The summed E-state index contributed by atoms with van der Waals surface area (Å²) in [5.41, 5.74) is 4.92. The molecule has 2 unspecified atom stereocenters. The fraction of sp³-hybridized carbons (Fsp3) is 0.929. The van der Waals surface area contributed by atoms with E-state index >= 15 is 0 Å². The van der Waals surface area contributed by atoms with Crippen LogP contribution in [0.5, 0.6) is 0 Å². The van der Waals surface area contributed by atoms with E-state index in [1.807, 2.05) is 0 Å². The molecular formula is C14H27NO5. The Bertz CT molecular complexity index is 287. The predicted octanol–water partition coefficient (Wildman–Crippen LogP) is 1.03. The van der Waals surface area contributed by atoms with Gasteiger partial charge in [-0.05, 0) is 31.6 Å². The lowest BCUT2D eigenvalue weighted by Gasteiger charge is -2.26. The molecule has 0 aromatic heterocycles. The van der Waals surface area contributed by atoms with Gasteiger partial charge in [-0.3, -0.25) is 4.79 Å². The van der Waals surface area contributed by atoms with E-state index in [0.717, 1.165) is 19.3 Å². The van der Waals surface area contributed by atoms with Gasteiger partial charge in [0, 0.05) is 26.9 Å². The zero-order valence-corrected chi connectivity index (χ0v) is 12.3. The first-order valence-corrected chi connectivity index (χ1v) is 7.28. The molecule has 1 aliphatic rings. The summed E-state index contributed by atoms with van der Waals surface area (Å²) in [4.78, 5) is 11.2. The number of aliphatic carboxylic acids is 1. The van der Waals surface area contributed by atoms with Crippen LogP contribution in [0.4, 0.5) is 0 Å². The van der Waals surface area contributed by atoms with Gasteiger partial charge in [-0.1, -0.05) is 6.42 Å². The van der Waals surface area contributed by atoms with E-state index in [0.29, 0.717) is 45.9 Å². The van der Waals surface area contributed by atoms with Crippen LogP contribution in [0.2, 0.25) is 0 Å². The summed E-state index contributed by atoms with van der Waals surface area (Å²) < 4.78 is 15.7. The molecule has 6 nitrogen and oxygen atoms in total. The van der Waals surface area contributed by atoms with E-state index in [1.54, 1.807) is 7.11 Å². The molecule has 0 aliphatic heterocycles. The Morgan fingerprint density at radius 2 is 1.95 bits per heavy atom. The van der Waals surface area contributed by atoms with Gasteiger partial charge in [0.15, 0.2) is 0 Å². The quantitative estimate of drug-likeness (QED) is 0.552. The first-order valence-electron chi connectivity index (χ1n) is 7.28. The highest BCUT2D eigenvalue weighted by Crippen LogP contribution is 2.36. The SMILES string of the molecule is COCCOCCCOCCC1CCCC1(N)C(=O)O. The Morgan fingerprint density at radius 1 is 1.25 bits per heavy atom. The summed E-state index contributed by atoms with van der Waals surface area (Å²) in [6.45, 7) is 3.06. The summed E-state index contributed by atoms with van der Waals surface area (Å²) in [6, 6.07) is 0. The van der Waals surface area contributed by atoms with Crippen LogP contribution < -0.4 is 5.73 Å². The molecule has 2 atom stereocenters. The summed E-state index contributed by atoms with van der Waals surface area (Å²) in [7, 11) is 1.64. The fourth-order valence-corrected chi connectivity index (χ4v) is 2.62. The number of hydrogen-bond donors (Lipinski definition) is 2. The maximum Gasteiger partial charge on any atom is 0.323 e. The summed E-state index contributed by atoms with van der Waals surface area (Å²) >= 11 is 0. The average molecular weight is 289 g/mol. The highest BCUT2D eigenvalue weighted by molar-refractivity contribution is 5.79. The zero-order chi connectivity index (χ0) is 14.8. The lowest BCUT2D eigenvalue weighted by molar-refractivity contribution is -0.145. The van der Waals surface area contributed by atoms with Crippen LogP contribution in [0.3, 0.4) is 0 Å². The van der Waals surface area contributed by atoms with Gasteiger partial charge in [0.05, 0.1) is 13.2 Å². The van der Waals surface area contributed by atoms with Crippen molar-refractivity contribution in [1.82, 2.24) is 0 Å². The zero-order valence-electron chi connectivity index (χ0n) is 12.3. The van der Waals surface area contributed by atoms with Gasteiger partial charge in [0.25, 0.3) is 0 Å². The van der Waals surface area contributed by atoms with Crippen LogP contribution in [0.15, 0.2) is 0 Å². The number of rotatable bonds is 11. The van der Waals surface area contributed by atoms with Crippen LogP contribution >= 0.6 is 0 Å². The molecule has 20 heavy (non-hydrogen) atoms. The van der Waals surface area contributed by atoms with Gasteiger partial charge in [0.2, 0.25) is 0 Å². The van der Waals surface area contributed by atoms with Gasteiger partial charge in [-0.25, -0.2) is 0 Å². The number of ether oxygens (including phenoxy) is 3. The highest BCUT2D eigenvalue weighted by Gasteiger charge is 2.45. The minimum Gasteiger partial charge on any atom is -0.480 e. The molecule has 0 saturated heterocycles. The summed E-state index contributed by atoms with van der Waals surface area (Å²) in [5, 5.41) is 9.19. The number of nitrogens with two attached hydrogens (primary N) is 1. The molecule has 1 aliphatic carbocycles. The Hall–Kier alpha value is -0.690. The van der Waals surface area contributed by atoms with E-state index in [-0.39, 0.29) is 5.92 Å². The number of carbonyl (C=O) groups is 1. The molecule has 1 fully saturated rings. The van der Waals surface area contributed by atoms with E-state index in [4.69, 9.17) is 19.9 Å². The van der Waals surface area contributed by atoms with Crippen molar-refractivity contribution in [1.29, 1.82) is 0 Å². The van der Waals surface area contributed by atoms with E-state index in [9.17, 15) is 9.90 Å². The Labute approximate surface area is 120 Å². The van der Waals surface area contributed by atoms with Crippen LogP contribution in [0, 0.1) is 5.92 Å². The number of methoxy groups -OCH3 is 1. The van der Waals surface area contributed by atoms with Crippen LogP contribution in [-0.4, -0.2) is 56.8 Å². The van der Waals surface area contributed by atoms with E-state index in [2.05, 4.69) is 0 Å². The number of hydrogen-bond acceptors (Lipinski definition) is 5. The van der Waals surface area contributed by atoms with Crippen LogP contribution in [0.25, 0.3) is 0 Å². The molecule has 0 radical (unpaired) electrons. The van der Waals surface area contributed by atoms with Crippen LogP contribution in [-0.2, 0) is 19.0 Å². The third-order valence-corrected chi connectivity index (χ3v) is 3.89. The summed E-state index contributed by atoms with van der Waals surface area (Å²) in [6.07, 6.45) is 3.89. The second-order valence-electron chi connectivity index (χ2n) is 5.29. The third kappa shape index (κ3) is 5.36. The van der Waals surface area contributed by atoms with E-state index < -0.39 is 11.5 Å². The monoisotopic (exact) mass is 289 g/mol. The lowest BCUT2D eigenvalue weighted by Crippen LogP contribution is -2.51. The standard InChI is InChI=1S/C14H27NO5/c1-18-10-11-20-8-3-7-19-9-5-12-4-2-6-14(12,15)13(16)17/h12H,2-11,15H2,1H3,(H,16,17). The van der Waals surface area contributed by atoms with Crippen molar-refractivity contribution in [3.05, 3.63) is 0 Å². The average Bonchev–Trinajstić information content (AvgIpc) is 2.80. The molecular weight excluding hydrogens is 262 g/mol. The largest absolute Gasteiger partial charge is 0.480 e. The van der Waals surface area contributed by atoms with Gasteiger partial charge in [0.1, 0.15) is 5.54 Å². The van der Waals surface area contributed by atoms with Crippen molar-refractivity contribution in [3.63, 3.8) is 0 Å². The van der Waals surface area contributed by atoms with Crippen molar-refractivity contribution in [2.75, 3.05) is 40.1 Å². The van der Waals surface area contributed by atoms with Gasteiger partial charge < -0.3 is 25.1 Å². The molecule has 3 N–H and O–H groups in total. The lowest BCUT2D eigenvalue weighted by atomic mass is 9.86. The van der Waals surface area contributed by atoms with E-state index in [1.165, 1.54) is 0 Å². The molecule has 0 spiro atoms. The first kappa shape index (κ1) is 17.4.